The lowest BCUT2D eigenvalue weighted by atomic mass is 10.3. The Bertz CT molecular complexity index is 105. The molecular formula is C7H15N3. The second-order valence-corrected chi connectivity index (χ2v) is 2.53. The Kier molecular flexibility index (Phi) is 2.68. The Hall–Kier alpha value is -0.570. The van der Waals surface area contributed by atoms with E-state index in [4.69, 9.17) is 0 Å². The maximum absolute atomic E-state index is 3.87. The summed E-state index contributed by atoms with van der Waals surface area (Å²) in [6, 6.07) is 0. The van der Waals surface area contributed by atoms with Crippen LogP contribution in [0.4, 0.5) is 0 Å². The molecule has 3 nitrogen and oxygen atoms in total. The van der Waals surface area contributed by atoms with Gasteiger partial charge in [0.25, 0.3) is 0 Å². The van der Waals surface area contributed by atoms with E-state index in [0.29, 0.717) is 0 Å². The third-order valence-electron chi connectivity index (χ3n) is 2.00. The van der Waals surface area contributed by atoms with Crippen molar-refractivity contribution in [1.82, 2.24) is 9.91 Å². The lowest BCUT2D eigenvalue weighted by molar-refractivity contribution is 0.142. The van der Waals surface area contributed by atoms with Gasteiger partial charge < -0.3 is 0 Å². The Morgan fingerprint density at radius 3 is 2.30 bits per heavy atom. The monoisotopic (exact) mass is 141 g/mol. The molecule has 0 aromatic carbocycles. The average Bonchev–Trinajstić information content (AvgIpc) is 2.05. The molecule has 0 spiro atoms. The van der Waals surface area contributed by atoms with Crippen LogP contribution < -0.4 is 0 Å². The van der Waals surface area contributed by atoms with Crippen LogP contribution >= 0.6 is 0 Å². The molecule has 0 bridgehead atoms. The smallest absolute Gasteiger partial charge is 0.0488 e. The second kappa shape index (κ2) is 3.56. The minimum absolute atomic E-state index is 1.04. The lowest BCUT2D eigenvalue weighted by Gasteiger charge is -2.31. The molecule has 0 unspecified atom stereocenters. The van der Waals surface area contributed by atoms with Crippen LogP contribution in [0.1, 0.15) is 6.92 Å². The zero-order valence-corrected chi connectivity index (χ0v) is 6.58. The van der Waals surface area contributed by atoms with Gasteiger partial charge in [0.1, 0.15) is 0 Å². The summed E-state index contributed by atoms with van der Waals surface area (Å²) in [5.74, 6) is 0. The van der Waals surface area contributed by atoms with Crippen LogP contribution in [-0.2, 0) is 0 Å². The molecule has 0 amide bonds. The highest BCUT2D eigenvalue weighted by Crippen LogP contribution is 1.99. The molecule has 1 rings (SSSR count). The largest absolute Gasteiger partial charge is 0.300 e. The van der Waals surface area contributed by atoms with E-state index in [1.807, 2.05) is 5.01 Å². The molecule has 0 aromatic rings. The van der Waals surface area contributed by atoms with Crippen molar-refractivity contribution in [3.63, 3.8) is 0 Å². The molecule has 1 aliphatic rings. The van der Waals surface area contributed by atoms with Crippen LogP contribution in [0.15, 0.2) is 5.10 Å². The first kappa shape index (κ1) is 7.54. The Morgan fingerprint density at radius 1 is 1.30 bits per heavy atom. The van der Waals surface area contributed by atoms with Gasteiger partial charge in [0.15, 0.2) is 0 Å². The molecule has 1 fully saturated rings. The van der Waals surface area contributed by atoms with E-state index in [1.165, 1.54) is 0 Å². The molecule has 10 heavy (non-hydrogen) atoms. The van der Waals surface area contributed by atoms with Crippen molar-refractivity contribution in [2.45, 2.75) is 6.92 Å². The topological polar surface area (TPSA) is 18.8 Å². The fraction of sp³-hybridized carbons (Fsp3) is 0.857. The fourth-order valence-corrected chi connectivity index (χ4v) is 1.19. The van der Waals surface area contributed by atoms with Gasteiger partial charge in [0.05, 0.1) is 0 Å². The minimum atomic E-state index is 1.04. The van der Waals surface area contributed by atoms with E-state index in [9.17, 15) is 0 Å². The fourth-order valence-electron chi connectivity index (χ4n) is 1.19. The quantitative estimate of drug-likeness (QED) is 0.513. The summed E-state index contributed by atoms with van der Waals surface area (Å²) in [6.45, 7) is 11.2. The van der Waals surface area contributed by atoms with Crippen molar-refractivity contribution in [1.29, 1.82) is 0 Å². The summed E-state index contributed by atoms with van der Waals surface area (Å²) >= 11 is 0. The van der Waals surface area contributed by atoms with Crippen LogP contribution in [0.2, 0.25) is 0 Å². The van der Waals surface area contributed by atoms with Crippen LogP contribution in [0.3, 0.4) is 0 Å². The Morgan fingerprint density at radius 2 is 1.90 bits per heavy atom. The van der Waals surface area contributed by atoms with Crippen molar-refractivity contribution < 1.29 is 0 Å². The van der Waals surface area contributed by atoms with Gasteiger partial charge in [-0.1, -0.05) is 6.92 Å². The van der Waals surface area contributed by atoms with Gasteiger partial charge in [0, 0.05) is 32.9 Å². The number of likely N-dealkylation sites (N-methyl/N-ethyl adjacent to an activating group) is 1. The predicted octanol–water partition coefficient (Wildman–Crippen LogP) is 0.239. The highest BCUT2D eigenvalue weighted by molar-refractivity contribution is 5.22. The van der Waals surface area contributed by atoms with Gasteiger partial charge in [-0.05, 0) is 6.54 Å². The Balaban J connectivity index is 2.23. The van der Waals surface area contributed by atoms with Gasteiger partial charge in [0.2, 0.25) is 0 Å². The van der Waals surface area contributed by atoms with E-state index in [-0.39, 0.29) is 0 Å². The van der Waals surface area contributed by atoms with E-state index >= 15 is 0 Å². The first-order valence-electron chi connectivity index (χ1n) is 3.80. The molecule has 0 saturated carbocycles. The molecule has 0 aromatic heterocycles. The average molecular weight is 141 g/mol. The van der Waals surface area contributed by atoms with Gasteiger partial charge in [-0.3, -0.25) is 9.91 Å². The van der Waals surface area contributed by atoms with Crippen molar-refractivity contribution in [2.24, 2.45) is 5.10 Å². The number of nitrogens with zero attached hydrogens (tertiary/aromatic N) is 3. The second-order valence-electron chi connectivity index (χ2n) is 2.53. The van der Waals surface area contributed by atoms with Crippen molar-refractivity contribution in [2.75, 3.05) is 32.7 Å². The number of hydrogen-bond donors (Lipinski definition) is 0. The van der Waals surface area contributed by atoms with Crippen LogP contribution in [-0.4, -0.2) is 49.4 Å². The van der Waals surface area contributed by atoms with Crippen LogP contribution in [0.25, 0.3) is 0 Å². The van der Waals surface area contributed by atoms with Crippen molar-refractivity contribution in [3.8, 4) is 0 Å². The van der Waals surface area contributed by atoms with Crippen molar-refractivity contribution in [3.05, 3.63) is 0 Å². The predicted molar refractivity (Wildman–Crippen MR) is 43.2 cm³/mol. The van der Waals surface area contributed by atoms with E-state index in [0.717, 1.165) is 32.7 Å². The summed E-state index contributed by atoms with van der Waals surface area (Å²) < 4.78 is 0. The number of rotatable bonds is 2. The normalized spacial score (nSPS) is 21.1. The number of hydrazone groups is 1. The Labute approximate surface area is 62.3 Å². The summed E-state index contributed by atoms with van der Waals surface area (Å²) in [5.41, 5.74) is 0. The molecule has 1 aliphatic heterocycles. The van der Waals surface area contributed by atoms with Crippen molar-refractivity contribution >= 4 is 6.72 Å². The minimum Gasteiger partial charge on any atom is -0.300 e. The summed E-state index contributed by atoms with van der Waals surface area (Å²) in [6.07, 6.45) is 0. The SMILES string of the molecule is C=NN1CCN(CC)CC1. The van der Waals surface area contributed by atoms with Crippen LogP contribution in [0.5, 0.6) is 0 Å². The summed E-state index contributed by atoms with van der Waals surface area (Å²) in [5, 5.41) is 5.89. The number of piperazine rings is 1. The van der Waals surface area contributed by atoms with E-state index in [2.05, 4.69) is 23.6 Å². The zero-order chi connectivity index (χ0) is 7.40. The summed E-state index contributed by atoms with van der Waals surface area (Å²) in [7, 11) is 0. The molecule has 3 heteroatoms. The van der Waals surface area contributed by atoms with E-state index < -0.39 is 0 Å². The lowest BCUT2D eigenvalue weighted by Crippen LogP contribution is -2.43. The first-order chi connectivity index (χ1) is 4.86. The molecule has 58 valence electrons. The van der Waals surface area contributed by atoms with Gasteiger partial charge in [-0.2, -0.15) is 5.10 Å². The zero-order valence-electron chi connectivity index (χ0n) is 6.58. The van der Waals surface area contributed by atoms with Gasteiger partial charge in [-0.25, -0.2) is 0 Å². The van der Waals surface area contributed by atoms with E-state index in [1.54, 1.807) is 0 Å². The third kappa shape index (κ3) is 1.70. The molecule has 0 atom stereocenters. The molecule has 0 aliphatic carbocycles. The number of hydrogen-bond acceptors (Lipinski definition) is 3. The molecular weight excluding hydrogens is 126 g/mol. The molecule has 0 radical (unpaired) electrons. The molecule has 1 saturated heterocycles. The third-order valence-corrected chi connectivity index (χ3v) is 2.00. The molecule has 0 N–H and O–H groups in total. The van der Waals surface area contributed by atoms with Gasteiger partial charge in [-0.15, -0.1) is 0 Å². The van der Waals surface area contributed by atoms with Gasteiger partial charge >= 0.3 is 0 Å². The maximum Gasteiger partial charge on any atom is 0.0488 e. The molecule has 1 heterocycles. The standard InChI is InChI=1S/C7H15N3/c1-3-9-4-6-10(8-2)7-5-9/h2-7H2,1H3. The maximum atomic E-state index is 3.87. The highest BCUT2D eigenvalue weighted by Gasteiger charge is 2.11. The first-order valence-corrected chi connectivity index (χ1v) is 3.80. The van der Waals surface area contributed by atoms with Crippen LogP contribution in [0, 0.1) is 0 Å². The summed E-state index contributed by atoms with van der Waals surface area (Å²) in [4.78, 5) is 2.42. The highest BCUT2D eigenvalue weighted by atomic mass is 15.5.